The van der Waals surface area contributed by atoms with E-state index in [-0.39, 0.29) is 0 Å². The molecule has 0 saturated carbocycles. The van der Waals surface area contributed by atoms with E-state index in [0.717, 1.165) is 24.8 Å². The zero-order valence-corrected chi connectivity index (χ0v) is 10.3. The van der Waals surface area contributed by atoms with E-state index >= 15 is 0 Å². The van der Waals surface area contributed by atoms with E-state index in [2.05, 4.69) is 5.32 Å². The monoisotopic (exact) mass is 239 g/mol. The SMILES string of the molecule is C1=CC=CNC=C1.O=C1CCCc2ccccc21. The highest BCUT2D eigenvalue weighted by Crippen LogP contribution is 2.19. The highest BCUT2D eigenvalue weighted by atomic mass is 16.1. The summed E-state index contributed by atoms with van der Waals surface area (Å²) < 4.78 is 0. The van der Waals surface area contributed by atoms with Gasteiger partial charge in [-0.3, -0.25) is 4.79 Å². The standard InChI is InChI=1S/C10H10O.C6H7N/c11-10-7-3-5-8-4-1-2-6-9(8)10;1-2-4-6-7-5-3-1/h1-2,4,6H,3,5,7H2;1-7H. The van der Waals surface area contributed by atoms with E-state index in [1.165, 1.54) is 5.56 Å². The van der Waals surface area contributed by atoms with Crippen molar-refractivity contribution in [1.29, 1.82) is 0 Å². The third-order valence-corrected chi connectivity index (χ3v) is 2.89. The van der Waals surface area contributed by atoms with Gasteiger partial charge in [0.1, 0.15) is 0 Å². The Morgan fingerprint density at radius 3 is 2.33 bits per heavy atom. The maximum absolute atomic E-state index is 11.3. The van der Waals surface area contributed by atoms with Crippen LogP contribution in [0.5, 0.6) is 0 Å². The molecule has 1 aliphatic carbocycles. The molecule has 0 amide bonds. The molecule has 0 fully saturated rings. The number of carbonyl (C=O) groups excluding carboxylic acids is 1. The molecule has 18 heavy (non-hydrogen) atoms. The molecule has 0 atom stereocenters. The highest BCUT2D eigenvalue weighted by molar-refractivity contribution is 5.98. The van der Waals surface area contributed by atoms with Gasteiger partial charge in [-0.25, -0.2) is 0 Å². The van der Waals surface area contributed by atoms with Crippen LogP contribution in [0.3, 0.4) is 0 Å². The Hall–Kier alpha value is -2.09. The fourth-order valence-electron chi connectivity index (χ4n) is 1.99. The molecular weight excluding hydrogens is 222 g/mol. The van der Waals surface area contributed by atoms with Crippen molar-refractivity contribution in [2.75, 3.05) is 0 Å². The Morgan fingerprint density at radius 1 is 0.889 bits per heavy atom. The van der Waals surface area contributed by atoms with Crippen molar-refractivity contribution in [2.24, 2.45) is 0 Å². The Balaban J connectivity index is 0.000000149. The Kier molecular flexibility index (Phi) is 4.53. The van der Waals surface area contributed by atoms with Crippen LogP contribution in [-0.4, -0.2) is 5.78 Å². The summed E-state index contributed by atoms with van der Waals surface area (Å²) in [6, 6.07) is 7.91. The lowest BCUT2D eigenvalue weighted by molar-refractivity contribution is 0.0972. The first kappa shape index (κ1) is 12.4. The Labute approximate surface area is 108 Å². The van der Waals surface area contributed by atoms with Crippen LogP contribution in [0.15, 0.2) is 61.0 Å². The lowest BCUT2D eigenvalue weighted by atomic mass is 9.91. The minimum atomic E-state index is 0.312. The average molecular weight is 239 g/mol. The normalized spacial score (nSPS) is 16.1. The van der Waals surface area contributed by atoms with Gasteiger partial charge >= 0.3 is 0 Å². The maximum Gasteiger partial charge on any atom is 0.163 e. The van der Waals surface area contributed by atoms with Crippen molar-refractivity contribution in [2.45, 2.75) is 19.3 Å². The summed E-state index contributed by atoms with van der Waals surface area (Å²) in [5.74, 6) is 0.312. The molecule has 2 nitrogen and oxygen atoms in total. The van der Waals surface area contributed by atoms with Crippen LogP contribution in [-0.2, 0) is 6.42 Å². The molecule has 92 valence electrons. The number of fused-ring (bicyclic) bond motifs is 1. The largest absolute Gasteiger partial charge is 0.368 e. The molecule has 1 aromatic rings. The van der Waals surface area contributed by atoms with Gasteiger partial charge in [0, 0.05) is 24.4 Å². The van der Waals surface area contributed by atoms with Crippen molar-refractivity contribution in [3.05, 3.63) is 72.1 Å². The zero-order chi connectivity index (χ0) is 12.6. The molecule has 0 aromatic heterocycles. The van der Waals surface area contributed by atoms with Crippen molar-refractivity contribution in [3.63, 3.8) is 0 Å². The molecular formula is C16H17NO. The highest BCUT2D eigenvalue weighted by Gasteiger charge is 2.14. The number of aryl methyl sites for hydroxylation is 1. The van der Waals surface area contributed by atoms with Gasteiger partial charge in [-0.05, 0) is 30.6 Å². The van der Waals surface area contributed by atoms with E-state index in [9.17, 15) is 4.79 Å². The van der Waals surface area contributed by atoms with Crippen molar-refractivity contribution >= 4 is 5.78 Å². The summed E-state index contributed by atoms with van der Waals surface area (Å²) in [5, 5.41) is 2.92. The number of hydrogen-bond acceptors (Lipinski definition) is 2. The Morgan fingerprint density at radius 2 is 1.61 bits per heavy atom. The fourth-order valence-corrected chi connectivity index (χ4v) is 1.99. The molecule has 2 aliphatic rings. The first-order valence-corrected chi connectivity index (χ1v) is 6.23. The van der Waals surface area contributed by atoms with Gasteiger partial charge in [-0.15, -0.1) is 0 Å². The molecule has 1 heterocycles. The summed E-state index contributed by atoms with van der Waals surface area (Å²) in [7, 11) is 0. The number of carbonyl (C=O) groups is 1. The minimum Gasteiger partial charge on any atom is -0.368 e. The second kappa shape index (κ2) is 6.60. The number of hydrogen-bond donors (Lipinski definition) is 1. The average Bonchev–Trinajstić information content (AvgIpc) is 2.72. The minimum absolute atomic E-state index is 0.312. The summed E-state index contributed by atoms with van der Waals surface area (Å²) in [6.07, 6.45) is 14.4. The first-order valence-electron chi connectivity index (χ1n) is 6.23. The quantitative estimate of drug-likeness (QED) is 0.752. The van der Waals surface area contributed by atoms with Crippen LogP contribution in [0.1, 0.15) is 28.8 Å². The van der Waals surface area contributed by atoms with Gasteiger partial charge in [0.25, 0.3) is 0 Å². The molecule has 0 radical (unpaired) electrons. The molecule has 3 rings (SSSR count). The van der Waals surface area contributed by atoms with Gasteiger partial charge in [0.15, 0.2) is 5.78 Å². The number of allylic oxidation sites excluding steroid dienone is 4. The van der Waals surface area contributed by atoms with Gasteiger partial charge in [0.2, 0.25) is 0 Å². The van der Waals surface area contributed by atoms with Crippen LogP contribution < -0.4 is 5.32 Å². The van der Waals surface area contributed by atoms with Crippen LogP contribution in [0.4, 0.5) is 0 Å². The van der Waals surface area contributed by atoms with Crippen LogP contribution >= 0.6 is 0 Å². The molecule has 1 aliphatic heterocycles. The Bertz CT molecular complexity index is 484. The molecule has 1 aromatic carbocycles. The molecule has 1 N–H and O–H groups in total. The van der Waals surface area contributed by atoms with Crippen LogP contribution in [0.2, 0.25) is 0 Å². The van der Waals surface area contributed by atoms with Gasteiger partial charge in [0.05, 0.1) is 0 Å². The van der Waals surface area contributed by atoms with Gasteiger partial charge in [-0.1, -0.05) is 36.4 Å². The van der Waals surface area contributed by atoms with Crippen molar-refractivity contribution in [1.82, 2.24) is 5.32 Å². The summed E-state index contributed by atoms with van der Waals surface area (Å²) >= 11 is 0. The molecule has 0 saturated heterocycles. The topological polar surface area (TPSA) is 29.1 Å². The maximum atomic E-state index is 11.3. The summed E-state index contributed by atoms with van der Waals surface area (Å²) in [6.45, 7) is 0. The molecule has 2 heteroatoms. The number of ketones is 1. The van der Waals surface area contributed by atoms with E-state index < -0.39 is 0 Å². The molecule has 0 bridgehead atoms. The lowest BCUT2D eigenvalue weighted by Crippen LogP contribution is -2.09. The van der Waals surface area contributed by atoms with Gasteiger partial charge < -0.3 is 5.32 Å². The first-order chi connectivity index (χ1) is 8.88. The van der Waals surface area contributed by atoms with Crippen molar-refractivity contribution < 1.29 is 4.79 Å². The molecule has 0 unspecified atom stereocenters. The lowest BCUT2D eigenvalue weighted by Gasteiger charge is -2.12. The molecule has 0 spiro atoms. The number of Topliss-reactive ketones (excluding diaryl/α,β-unsaturated/α-hetero) is 1. The van der Waals surface area contributed by atoms with E-state index in [1.807, 2.05) is 61.0 Å². The number of nitrogens with one attached hydrogen (secondary N) is 1. The van der Waals surface area contributed by atoms with Gasteiger partial charge in [-0.2, -0.15) is 0 Å². The predicted octanol–water partition coefficient (Wildman–Crippen LogP) is 3.38. The van der Waals surface area contributed by atoms with E-state index in [4.69, 9.17) is 0 Å². The second-order valence-corrected chi connectivity index (χ2v) is 4.20. The van der Waals surface area contributed by atoms with E-state index in [0.29, 0.717) is 5.78 Å². The van der Waals surface area contributed by atoms with Crippen molar-refractivity contribution in [3.8, 4) is 0 Å². The number of rotatable bonds is 0. The fraction of sp³-hybridized carbons (Fsp3) is 0.188. The summed E-state index contributed by atoms with van der Waals surface area (Å²) in [5.41, 5.74) is 2.17. The smallest absolute Gasteiger partial charge is 0.163 e. The summed E-state index contributed by atoms with van der Waals surface area (Å²) in [4.78, 5) is 11.3. The zero-order valence-electron chi connectivity index (χ0n) is 10.3. The van der Waals surface area contributed by atoms with Crippen LogP contribution in [0.25, 0.3) is 0 Å². The third kappa shape index (κ3) is 3.45. The van der Waals surface area contributed by atoms with Crippen LogP contribution in [0, 0.1) is 0 Å². The third-order valence-electron chi connectivity index (χ3n) is 2.89. The van der Waals surface area contributed by atoms with E-state index in [1.54, 1.807) is 0 Å². The second-order valence-electron chi connectivity index (χ2n) is 4.20. The predicted molar refractivity (Wildman–Crippen MR) is 74.3 cm³/mol. The number of benzene rings is 1.